The van der Waals surface area contributed by atoms with Gasteiger partial charge < -0.3 is 10.1 Å². The lowest BCUT2D eigenvalue weighted by atomic mass is 10.2. The molecule has 0 saturated carbocycles. The zero-order chi connectivity index (χ0) is 20.7. The molecule has 1 N–H and O–H groups in total. The first-order chi connectivity index (χ1) is 13.2. The average molecular weight is 443 g/mol. The smallest absolute Gasteiger partial charge is 0.243 e. The largest absolute Gasteiger partial charge is 0.497 e. The van der Waals surface area contributed by atoms with Gasteiger partial charge in [-0.05, 0) is 55.5 Å². The molecule has 2 aromatic carbocycles. The lowest BCUT2D eigenvalue weighted by Gasteiger charge is -2.28. The Kier molecular flexibility index (Phi) is 8.03. The summed E-state index contributed by atoms with van der Waals surface area (Å²) in [4.78, 5) is 13.6. The van der Waals surface area contributed by atoms with E-state index in [0.29, 0.717) is 28.8 Å². The Morgan fingerprint density at radius 3 is 2.32 bits per heavy atom. The molecule has 2 rings (SSSR count). The van der Waals surface area contributed by atoms with Gasteiger partial charge in [-0.3, -0.25) is 9.10 Å². The topological polar surface area (TPSA) is 75.7 Å². The van der Waals surface area contributed by atoms with Crippen LogP contribution in [0.1, 0.15) is 6.92 Å². The molecule has 0 heterocycles. The summed E-state index contributed by atoms with van der Waals surface area (Å²) in [5.41, 5.74) is 0.404. The van der Waals surface area contributed by atoms with E-state index >= 15 is 0 Å². The zero-order valence-electron chi connectivity index (χ0n) is 15.9. The number of halogens is 1. The van der Waals surface area contributed by atoms with Gasteiger partial charge in [0, 0.05) is 22.2 Å². The number of hydrogen-bond donors (Lipinski definition) is 1. The molecule has 1 unspecified atom stereocenters. The van der Waals surface area contributed by atoms with Gasteiger partial charge >= 0.3 is 0 Å². The van der Waals surface area contributed by atoms with Crippen molar-refractivity contribution in [2.24, 2.45) is 0 Å². The van der Waals surface area contributed by atoms with E-state index in [1.165, 1.54) is 7.11 Å². The molecule has 6 nitrogen and oxygen atoms in total. The summed E-state index contributed by atoms with van der Waals surface area (Å²) in [6, 6.07) is 13.1. The van der Waals surface area contributed by atoms with Gasteiger partial charge in [-0.2, -0.15) is 0 Å². The molecule has 0 saturated heterocycles. The number of hydrogen-bond acceptors (Lipinski definition) is 5. The van der Waals surface area contributed by atoms with E-state index in [9.17, 15) is 13.2 Å². The summed E-state index contributed by atoms with van der Waals surface area (Å²) in [6.07, 6.45) is 1.08. The van der Waals surface area contributed by atoms with Gasteiger partial charge in [0.2, 0.25) is 15.9 Å². The maximum absolute atomic E-state index is 12.5. The van der Waals surface area contributed by atoms with E-state index in [4.69, 9.17) is 16.3 Å². The summed E-state index contributed by atoms with van der Waals surface area (Å²) in [6.45, 7) is 1.98. The molecule has 0 fully saturated rings. The second-order valence-corrected chi connectivity index (χ2v) is 9.49. The van der Waals surface area contributed by atoms with Crippen LogP contribution in [0.25, 0.3) is 0 Å². The van der Waals surface area contributed by atoms with Crippen LogP contribution in [0.15, 0.2) is 53.4 Å². The van der Waals surface area contributed by atoms with E-state index in [1.807, 2.05) is 24.3 Å². The normalized spacial score (nSPS) is 12.3. The minimum atomic E-state index is -3.65. The van der Waals surface area contributed by atoms with Crippen molar-refractivity contribution in [1.82, 2.24) is 5.32 Å². The predicted molar refractivity (Wildman–Crippen MR) is 115 cm³/mol. The van der Waals surface area contributed by atoms with Crippen LogP contribution in [0.4, 0.5) is 5.69 Å². The van der Waals surface area contributed by atoms with Crippen molar-refractivity contribution >= 4 is 45.0 Å². The molecule has 28 heavy (non-hydrogen) atoms. The van der Waals surface area contributed by atoms with Crippen LogP contribution in [0, 0.1) is 0 Å². The van der Waals surface area contributed by atoms with Crippen molar-refractivity contribution in [3.05, 3.63) is 53.6 Å². The van der Waals surface area contributed by atoms with Gasteiger partial charge in [-0.25, -0.2) is 8.42 Å². The molecule has 0 spiro atoms. The number of sulfonamides is 1. The first-order valence-electron chi connectivity index (χ1n) is 8.52. The van der Waals surface area contributed by atoms with Gasteiger partial charge in [0.05, 0.1) is 19.1 Å². The highest BCUT2D eigenvalue weighted by Crippen LogP contribution is 2.24. The highest BCUT2D eigenvalue weighted by molar-refractivity contribution is 7.99. The minimum Gasteiger partial charge on any atom is -0.497 e. The highest BCUT2D eigenvalue weighted by Gasteiger charge is 2.28. The summed E-state index contributed by atoms with van der Waals surface area (Å²) in [5, 5.41) is 3.46. The third-order valence-corrected chi connectivity index (χ3v) is 6.41. The minimum absolute atomic E-state index is 0.363. The van der Waals surface area contributed by atoms with E-state index < -0.39 is 16.1 Å². The summed E-state index contributed by atoms with van der Waals surface area (Å²) in [7, 11) is -2.12. The fraction of sp³-hybridized carbons (Fsp3) is 0.316. The number of carbonyl (C=O) groups is 1. The molecule has 0 radical (unpaired) electrons. The van der Waals surface area contributed by atoms with Gasteiger partial charge in [0.1, 0.15) is 11.8 Å². The lowest BCUT2D eigenvalue weighted by Crippen LogP contribution is -2.48. The maximum atomic E-state index is 12.5. The number of nitrogens with one attached hydrogen (secondary N) is 1. The Hall–Kier alpha value is -1.90. The Balaban J connectivity index is 1.97. The average Bonchev–Trinajstić information content (AvgIpc) is 2.66. The number of rotatable bonds is 9. The van der Waals surface area contributed by atoms with Gasteiger partial charge in [0.15, 0.2) is 0 Å². The molecule has 0 aliphatic rings. The fourth-order valence-electron chi connectivity index (χ4n) is 2.56. The summed E-state index contributed by atoms with van der Waals surface area (Å²) < 4.78 is 30.7. The molecule has 0 aliphatic carbocycles. The number of benzene rings is 2. The summed E-state index contributed by atoms with van der Waals surface area (Å²) >= 11 is 7.43. The molecular weight excluding hydrogens is 420 g/mol. The molecule has 1 amide bonds. The van der Waals surface area contributed by atoms with E-state index in [0.717, 1.165) is 15.5 Å². The number of carbonyl (C=O) groups excluding carboxylic acids is 1. The molecule has 152 valence electrons. The highest BCUT2D eigenvalue weighted by atomic mass is 35.5. The van der Waals surface area contributed by atoms with Gasteiger partial charge in [0.25, 0.3) is 0 Å². The molecule has 0 aliphatic heterocycles. The van der Waals surface area contributed by atoms with Crippen LogP contribution < -0.4 is 14.4 Å². The van der Waals surface area contributed by atoms with Crippen molar-refractivity contribution in [3.8, 4) is 5.75 Å². The van der Waals surface area contributed by atoms with Crippen LogP contribution >= 0.6 is 23.4 Å². The lowest BCUT2D eigenvalue weighted by molar-refractivity contribution is -0.121. The van der Waals surface area contributed by atoms with Crippen molar-refractivity contribution < 1.29 is 17.9 Å². The van der Waals surface area contributed by atoms with E-state index in [2.05, 4.69) is 5.32 Å². The maximum Gasteiger partial charge on any atom is 0.243 e. The predicted octanol–water partition coefficient (Wildman–Crippen LogP) is 3.41. The Morgan fingerprint density at radius 2 is 1.79 bits per heavy atom. The van der Waals surface area contributed by atoms with Crippen molar-refractivity contribution in [2.75, 3.05) is 30.0 Å². The van der Waals surface area contributed by atoms with Crippen LogP contribution in [-0.4, -0.2) is 46.0 Å². The van der Waals surface area contributed by atoms with E-state index in [-0.39, 0.29) is 5.91 Å². The van der Waals surface area contributed by atoms with E-state index in [1.54, 1.807) is 43.0 Å². The second-order valence-electron chi connectivity index (χ2n) is 6.03. The monoisotopic (exact) mass is 442 g/mol. The molecule has 2 aromatic rings. The zero-order valence-corrected chi connectivity index (χ0v) is 18.3. The fourth-order valence-corrected chi connectivity index (χ4v) is 4.63. The SMILES string of the molecule is COc1ccc(N(C(C)C(=O)NCCSc2ccc(Cl)cc2)S(C)(=O)=O)cc1. The number of anilines is 1. The van der Waals surface area contributed by atoms with Crippen LogP contribution in [0.5, 0.6) is 5.75 Å². The Morgan fingerprint density at radius 1 is 1.18 bits per heavy atom. The molecule has 0 aromatic heterocycles. The first-order valence-corrected chi connectivity index (χ1v) is 11.7. The second kappa shape index (κ2) is 10.0. The number of thioether (sulfide) groups is 1. The Labute approximate surface area is 175 Å². The molecule has 0 bridgehead atoms. The number of amides is 1. The van der Waals surface area contributed by atoms with Crippen molar-refractivity contribution in [3.63, 3.8) is 0 Å². The standard InChI is InChI=1S/C19H23ClN2O4S2/c1-14(19(23)21-12-13-27-18-10-4-15(20)5-11-18)22(28(3,24)25)16-6-8-17(26-2)9-7-16/h4-11,14H,12-13H2,1-3H3,(H,21,23). The number of nitrogens with zero attached hydrogens (tertiary/aromatic N) is 1. The first kappa shape index (κ1) is 22.4. The van der Waals surface area contributed by atoms with Crippen LogP contribution in [0.3, 0.4) is 0 Å². The van der Waals surface area contributed by atoms with Gasteiger partial charge in [-0.15, -0.1) is 11.8 Å². The molecular formula is C19H23ClN2O4S2. The van der Waals surface area contributed by atoms with Crippen molar-refractivity contribution in [1.29, 1.82) is 0 Å². The molecule has 1 atom stereocenters. The third-order valence-electron chi connectivity index (χ3n) is 3.90. The van der Waals surface area contributed by atoms with Crippen molar-refractivity contribution in [2.45, 2.75) is 17.9 Å². The van der Waals surface area contributed by atoms with Crippen LogP contribution in [0.2, 0.25) is 5.02 Å². The molecule has 9 heteroatoms. The van der Waals surface area contributed by atoms with Crippen LogP contribution in [-0.2, 0) is 14.8 Å². The summed E-state index contributed by atoms with van der Waals surface area (Å²) in [5.74, 6) is 0.896. The quantitative estimate of drug-likeness (QED) is 0.475. The Bertz CT molecular complexity index is 887. The number of methoxy groups -OCH3 is 1. The third kappa shape index (κ3) is 6.32. The van der Waals surface area contributed by atoms with Gasteiger partial charge in [-0.1, -0.05) is 11.6 Å². The number of ether oxygens (including phenoxy) is 1.